The number of hydrogen-bond acceptors (Lipinski definition) is 13. The van der Waals surface area contributed by atoms with Crippen molar-refractivity contribution >= 4 is 82.5 Å². The van der Waals surface area contributed by atoms with Gasteiger partial charge >= 0.3 is 6.18 Å². The van der Waals surface area contributed by atoms with Crippen LogP contribution in [-0.4, -0.2) is 276 Å². The summed E-state index contributed by atoms with van der Waals surface area (Å²) >= 11 is 6.41. The third-order valence-corrected chi connectivity index (χ3v) is 23.3. The summed E-state index contributed by atoms with van der Waals surface area (Å²) in [6, 6.07) is -8.76. The molecule has 3 aliphatic heterocycles. The molecule has 12 atom stereocenters. The molecule has 29 heteroatoms. The molecule has 6 aliphatic rings. The highest BCUT2D eigenvalue weighted by molar-refractivity contribution is 6.21. The highest BCUT2D eigenvalue weighted by atomic mass is 35.5. The molecule has 101 heavy (non-hydrogen) atoms. The third kappa shape index (κ3) is 21.4. The molecule has 3 saturated heterocycles. The van der Waals surface area contributed by atoms with E-state index < -0.39 is 174 Å². The van der Waals surface area contributed by atoms with Gasteiger partial charge in [-0.15, -0.1) is 11.6 Å². The number of hydrogen-bond donors (Lipinski definition) is 3. The Balaban J connectivity index is 1.43. The fourth-order valence-corrected chi connectivity index (χ4v) is 16.4. The predicted molar refractivity (Wildman–Crippen MR) is 374 cm³/mol. The summed E-state index contributed by atoms with van der Waals surface area (Å²) in [6.07, 6.45) is 1.19. The van der Waals surface area contributed by atoms with Gasteiger partial charge in [-0.3, -0.25) is 57.5 Å². The van der Waals surface area contributed by atoms with Gasteiger partial charge in [0, 0.05) is 73.8 Å². The van der Waals surface area contributed by atoms with E-state index in [1.807, 2.05) is 27.7 Å². The second kappa shape index (κ2) is 37.4. The minimum absolute atomic E-state index is 0.00537. The Morgan fingerprint density at radius 3 is 1.82 bits per heavy atom. The summed E-state index contributed by atoms with van der Waals surface area (Å²) in [6.45, 7) is 13.9. The third-order valence-electron chi connectivity index (χ3n) is 22.8. The summed E-state index contributed by atoms with van der Waals surface area (Å²) in [5.41, 5.74) is -1.58. The smallest absolute Gasteiger partial charge is 0.378 e. The van der Waals surface area contributed by atoms with Gasteiger partial charge in [0.05, 0.1) is 45.2 Å². The van der Waals surface area contributed by atoms with Crippen LogP contribution in [-0.2, 0) is 62.3 Å². The number of ether oxygens (including phenoxy) is 1. The Labute approximate surface area is 601 Å². The largest absolute Gasteiger partial charge is 0.393 e. The fraction of sp³-hybridized carbons (Fsp3) is 0.833. The number of nitrogens with zero attached hydrogens (tertiary/aromatic N) is 9. The van der Waals surface area contributed by atoms with E-state index in [1.54, 1.807) is 20.8 Å². The molecule has 3 heterocycles. The first kappa shape index (κ1) is 83.6. The Morgan fingerprint density at radius 1 is 0.634 bits per heavy atom. The van der Waals surface area contributed by atoms with Gasteiger partial charge in [0.2, 0.25) is 70.9 Å². The SMILES string of the molecule is CC[C@H](C)[C@@H]1NC(=O)[C@H](CC(C)C)N(C)C(=O)C[C@@H](C(=O)N2CCOCC2)N(C)C(=O)[C@H]([C@@H](C)CC)N(C)C(=O)C2(CCCC2)NC(=O)[C@@H]2CCCN2C(=O)[C@H](CCC2CCC(C(F)(F)F)C(Cl)C2)NC(=O)CN(C)C(=O)[C@H](CC2CCC(C)CC2)N(CC)C(=O)CN(C)C(=O)CN(C)C1=O. The van der Waals surface area contributed by atoms with Crippen LogP contribution in [0.15, 0.2) is 0 Å². The number of carbonyl (C=O) groups is 12. The van der Waals surface area contributed by atoms with E-state index in [2.05, 4.69) is 22.9 Å². The van der Waals surface area contributed by atoms with Gasteiger partial charge in [0.1, 0.15) is 47.8 Å². The molecule has 0 aromatic heterocycles. The van der Waals surface area contributed by atoms with Crippen LogP contribution in [0.1, 0.15) is 184 Å². The molecule has 0 bridgehead atoms. The number of nitrogens with one attached hydrogen (secondary N) is 3. The second-order valence-corrected chi connectivity index (χ2v) is 31.1. The summed E-state index contributed by atoms with van der Waals surface area (Å²) in [4.78, 5) is 191. The fourth-order valence-electron chi connectivity index (χ4n) is 15.8. The number of carbonyl (C=O) groups excluding carboxylic acids is 12. The van der Waals surface area contributed by atoms with Crippen LogP contribution < -0.4 is 16.0 Å². The van der Waals surface area contributed by atoms with Gasteiger partial charge in [-0.2, -0.15) is 13.2 Å². The maximum absolute atomic E-state index is 15.6. The predicted octanol–water partition coefficient (Wildman–Crippen LogP) is 5.43. The average molecular weight is 1450 g/mol. The maximum atomic E-state index is 15.6. The van der Waals surface area contributed by atoms with E-state index in [9.17, 15) is 41.9 Å². The van der Waals surface area contributed by atoms with Crippen molar-refractivity contribution in [2.24, 2.45) is 41.4 Å². The van der Waals surface area contributed by atoms with Gasteiger partial charge in [-0.25, -0.2) is 0 Å². The zero-order chi connectivity index (χ0) is 75.1. The van der Waals surface area contributed by atoms with Gasteiger partial charge in [-0.05, 0) is 113 Å². The molecule has 6 fully saturated rings. The quantitative estimate of drug-likeness (QED) is 0.194. The zero-order valence-electron chi connectivity index (χ0n) is 62.5. The molecule has 6 rings (SSSR count). The molecule has 0 radical (unpaired) electrons. The van der Waals surface area contributed by atoms with Crippen molar-refractivity contribution in [3.05, 3.63) is 0 Å². The molecule has 1 spiro atoms. The molecule has 3 saturated carbocycles. The molecule has 3 aliphatic carbocycles. The van der Waals surface area contributed by atoms with Crippen molar-refractivity contribution in [3.8, 4) is 0 Å². The monoisotopic (exact) mass is 1450 g/mol. The number of fused-ring (bicyclic) bond motifs is 1. The van der Waals surface area contributed by atoms with E-state index in [0.717, 1.165) is 35.5 Å². The number of rotatable bonds is 13. The van der Waals surface area contributed by atoms with Crippen LogP contribution in [0, 0.1) is 41.4 Å². The van der Waals surface area contributed by atoms with E-state index in [1.165, 1.54) is 76.6 Å². The number of morpholine rings is 1. The van der Waals surface area contributed by atoms with E-state index in [-0.39, 0.29) is 121 Å². The van der Waals surface area contributed by atoms with Gasteiger partial charge in [0.15, 0.2) is 0 Å². The van der Waals surface area contributed by atoms with Crippen molar-refractivity contribution < 1.29 is 75.4 Å². The summed E-state index contributed by atoms with van der Waals surface area (Å²) < 4.78 is 47.7. The standard InChI is InChI=1S/C72H118ClF3N12O13/c1-15-46(7)61-68(98)82(11)42-59(91)80(9)43-60(92)87(17-3)56(39-49-24-22-45(6)23-25-49)66(96)81(10)41-57(89)77-52(29-27-48-26-28-50(51(73)38-48)72(74,75)76)65(95)88-32-20-21-53(88)64(94)79-71(30-18-19-31-71)70(100)85(14)62(47(8)16-2)69(99)84(13)55(67(97)86-33-35-101-36-34-86)40-58(90)83(12)54(37-44(4)5)63(93)78-61/h44-56,61-62H,15-43H2,1-14H3,(H,77,89)(H,78,93)(H,79,94)/t45?,46-,47-,48?,49?,50?,51?,52-,53-,54-,55-,56-,61-,62-/m0/s1. The van der Waals surface area contributed by atoms with Crippen molar-refractivity contribution in [1.29, 1.82) is 0 Å². The minimum atomic E-state index is -4.51. The van der Waals surface area contributed by atoms with Gasteiger partial charge < -0.3 is 64.8 Å². The first-order valence-corrected chi connectivity index (χ1v) is 37.6. The number of amides is 12. The normalized spacial score (nSPS) is 30.4. The Morgan fingerprint density at radius 2 is 1.24 bits per heavy atom. The molecule has 572 valence electrons. The Hall–Kier alpha value is -6.32. The summed E-state index contributed by atoms with van der Waals surface area (Å²) in [5, 5.41) is 7.57. The van der Waals surface area contributed by atoms with Crippen molar-refractivity contribution in [1.82, 2.24) is 60.0 Å². The topological polar surface area (TPSA) is 279 Å². The van der Waals surface area contributed by atoms with E-state index in [4.69, 9.17) is 16.3 Å². The van der Waals surface area contributed by atoms with Crippen LogP contribution in [0.4, 0.5) is 13.2 Å². The molecular weight excluding hydrogens is 1330 g/mol. The van der Waals surface area contributed by atoms with Crippen LogP contribution in [0.25, 0.3) is 0 Å². The first-order chi connectivity index (χ1) is 47.5. The molecule has 0 aromatic carbocycles. The first-order valence-electron chi connectivity index (χ1n) is 37.1. The molecule has 12 amide bonds. The average Bonchev–Trinajstić information content (AvgIpc) is 1.71. The summed E-state index contributed by atoms with van der Waals surface area (Å²) in [7, 11) is 8.48. The van der Waals surface area contributed by atoms with Crippen molar-refractivity contribution in [3.63, 3.8) is 0 Å². The highest BCUT2D eigenvalue weighted by Crippen LogP contribution is 2.44. The number of likely N-dealkylation sites (N-methyl/N-ethyl adjacent to an activating group) is 7. The lowest BCUT2D eigenvalue weighted by atomic mass is 9.78. The molecule has 25 nitrogen and oxygen atoms in total. The number of halogens is 4. The zero-order valence-corrected chi connectivity index (χ0v) is 63.3. The second-order valence-electron chi connectivity index (χ2n) is 30.6. The molecule has 3 unspecified atom stereocenters. The van der Waals surface area contributed by atoms with Crippen LogP contribution in [0.5, 0.6) is 0 Å². The molecular formula is C72H118ClF3N12O13. The van der Waals surface area contributed by atoms with Crippen molar-refractivity contribution in [2.75, 3.05) is 101 Å². The van der Waals surface area contributed by atoms with Crippen LogP contribution in [0.2, 0.25) is 0 Å². The van der Waals surface area contributed by atoms with Crippen molar-refractivity contribution in [2.45, 2.75) is 243 Å². The van der Waals surface area contributed by atoms with Gasteiger partial charge in [-0.1, -0.05) is 99.8 Å². The number of alkyl halides is 4. The lowest BCUT2D eigenvalue weighted by Crippen LogP contribution is -2.65. The highest BCUT2D eigenvalue weighted by Gasteiger charge is 2.52. The summed E-state index contributed by atoms with van der Waals surface area (Å²) in [5.74, 6) is -10.6. The molecule has 3 N–H and O–H groups in total. The Bertz CT molecular complexity index is 2910. The van der Waals surface area contributed by atoms with Gasteiger partial charge in [0.25, 0.3) is 0 Å². The lowest BCUT2D eigenvalue weighted by Gasteiger charge is -2.42. The Kier molecular flexibility index (Phi) is 31.0. The van der Waals surface area contributed by atoms with E-state index >= 15 is 28.8 Å². The maximum Gasteiger partial charge on any atom is 0.393 e. The molecule has 0 aromatic rings. The van der Waals surface area contributed by atoms with Crippen LogP contribution >= 0.6 is 11.6 Å². The van der Waals surface area contributed by atoms with Crippen LogP contribution in [0.3, 0.4) is 0 Å². The minimum Gasteiger partial charge on any atom is -0.378 e. The lowest BCUT2D eigenvalue weighted by molar-refractivity contribution is -0.182. The van der Waals surface area contributed by atoms with E-state index in [0.29, 0.717) is 38.0 Å².